The van der Waals surface area contributed by atoms with Gasteiger partial charge in [0.25, 0.3) is 0 Å². The van der Waals surface area contributed by atoms with E-state index in [0.717, 1.165) is 51.9 Å². The van der Waals surface area contributed by atoms with Gasteiger partial charge < -0.3 is 15.4 Å². The zero-order valence-corrected chi connectivity index (χ0v) is 18.3. The van der Waals surface area contributed by atoms with Crippen molar-refractivity contribution in [2.75, 3.05) is 52.5 Å². The van der Waals surface area contributed by atoms with Crippen LogP contribution in [0, 0.1) is 0 Å². The van der Waals surface area contributed by atoms with Crippen LogP contribution in [0.25, 0.3) is 0 Å². The van der Waals surface area contributed by atoms with Crippen molar-refractivity contribution < 1.29 is 4.74 Å². The van der Waals surface area contributed by atoms with E-state index in [1.807, 2.05) is 0 Å². The zero-order valence-electron chi connectivity index (χ0n) is 18.3. The molecule has 1 aromatic carbocycles. The maximum absolute atomic E-state index is 5.47. The van der Waals surface area contributed by atoms with Crippen molar-refractivity contribution in [3.05, 3.63) is 35.4 Å². The number of aliphatic imine (C=N–C) groups is 1. The molecular formula is C23H39N5O. The average molecular weight is 402 g/mol. The number of nitrogens with zero attached hydrogens (tertiary/aromatic N) is 3. The minimum atomic E-state index is 0.467. The lowest BCUT2D eigenvalue weighted by Crippen LogP contribution is -2.49. The number of nitrogens with one attached hydrogen (secondary N) is 2. The summed E-state index contributed by atoms with van der Waals surface area (Å²) in [5, 5.41) is 6.93. The summed E-state index contributed by atoms with van der Waals surface area (Å²) in [4.78, 5) is 9.95. The van der Waals surface area contributed by atoms with Gasteiger partial charge in [-0.2, -0.15) is 0 Å². The number of benzene rings is 1. The van der Waals surface area contributed by atoms with Crippen LogP contribution in [-0.4, -0.2) is 74.3 Å². The molecule has 0 bridgehead atoms. The summed E-state index contributed by atoms with van der Waals surface area (Å²) >= 11 is 0. The van der Waals surface area contributed by atoms with E-state index in [0.29, 0.717) is 12.6 Å². The smallest absolute Gasteiger partial charge is 0.191 e. The Bertz CT molecular complexity index is 623. The lowest BCUT2D eigenvalue weighted by molar-refractivity contribution is 0.0211. The highest BCUT2D eigenvalue weighted by Crippen LogP contribution is 2.17. The number of likely N-dealkylation sites (tertiary alicyclic amines) is 1. The van der Waals surface area contributed by atoms with Gasteiger partial charge in [0, 0.05) is 38.8 Å². The summed E-state index contributed by atoms with van der Waals surface area (Å²) < 4.78 is 5.47. The van der Waals surface area contributed by atoms with Gasteiger partial charge in [0.05, 0.1) is 19.8 Å². The fourth-order valence-corrected chi connectivity index (χ4v) is 4.12. The topological polar surface area (TPSA) is 52.1 Å². The Morgan fingerprint density at radius 1 is 1.03 bits per heavy atom. The first kappa shape index (κ1) is 22.1. The molecule has 3 rings (SSSR count). The van der Waals surface area contributed by atoms with Crippen molar-refractivity contribution in [2.45, 2.75) is 52.2 Å². The molecule has 0 radical (unpaired) electrons. The summed E-state index contributed by atoms with van der Waals surface area (Å²) in [5.74, 6) is 0.903. The quantitative estimate of drug-likeness (QED) is 0.518. The van der Waals surface area contributed by atoms with Crippen LogP contribution in [0.3, 0.4) is 0 Å². The third-order valence-corrected chi connectivity index (χ3v) is 5.95. The van der Waals surface area contributed by atoms with E-state index < -0.39 is 0 Å². The maximum atomic E-state index is 5.47. The molecule has 1 unspecified atom stereocenters. The predicted molar refractivity (Wildman–Crippen MR) is 120 cm³/mol. The van der Waals surface area contributed by atoms with Crippen LogP contribution in [0.5, 0.6) is 0 Å². The summed E-state index contributed by atoms with van der Waals surface area (Å²) in [7, 11) is 0. The molecule has 1 aromatic rings. The van der Waals surface area contributed by atoms with Crippen LogP contribution >= 0.6 is 0 Å². The van der Waals surface area contributed by atoms with E-state index in [1.165, 1.54) is 43.5 Å². The lowest BCUT2D eigenvalue weighted by Gasteiger charge is -2.32. The van der Waals surface area contributed by atoms with Crippen LogP contribution in [0.15, 0.2) is 29.3 Å². The second-order valence-corrected chi connectivity index (χ2v) is 8.18. The third kappa shape index (κ3) is 7.28. The molecule has 6 nitrogen and oxygen atoms in total. The molecule has 2 heterocycles. The monoisotopic (exact) mass is 401 g/mol. The average Bonchev–Trinajstić information content (AvgIpc) is 2.77. The molecule has 0 amide bonds. The molecule has 2 N–H and O–H groups in total. The van der Waals surface area contributed by atoms with Crippen LogP contribution < -0.4 is 10.6 Å². The third-order valence-electron chi connectivity index (χ3n) is 5.95. The normalized spacial score (nSPS) is 20.4. The highest BCUT2D eigenvalue weighted by atomic mass is 16.5. The van der Waals surface area contributed by atoms with Gasteiger partial charge >= 0.3 is 0 Å². The first-order valence-electron chi connectivity index (χ1n) is 11.4. The van der Waals surface area contributed by atoms with Crippen molar-refractivity contribution in [3.63, 3.8) is 0 Å². The number of guanidine groups is 1. The molecule has 2 aliphatic heterocycles. The minimum absolute atomic E-state index is 0.467. The zero-order chi connectivity index (χ0) is 20.3. The van der Waals surface area contributed by atoms with E-state index in [-0.39, 0.29) is 0 Å². The Hall–Kier alpha value is -1.63. The van der Waals surface area contributed by atoms with Gasteiger partial charge in [0.15, 0.2) is 5.96 Å². The maximum Gasteiger partial charge on any atom is 0.191 e. The first-order chi connectivity index (χ1) is 14.3. The molecule has 6 heteroatoms. The fourth-order valence-electron chi connectivity index (χ4n) is 4.12. The van der Waals surface area contributed by atoms with Crippen LogP contribution in [-0.2, 0) is 17.8 Å². The van der Waals surface area contributed by atoms with E-state index in [1.54, 1.807) is 0 Å². The van der Waals surface area contributed by atoms with Crippen molar-refractivity contribution in [3.8, 4) is 0 Å². The van der Waals surface area contributed by atoms with Gasteiger partial charge in [-0.15, -0.1) is 0 Å². The summed E-state index contributed by atoms with van der Waals surface area (Å²) in [6.07, 6.45) is 4.04. The molecule has 0 aromatic heterocycles. The van der Waals surface area contributed by atoms with Gasteiger partial charge in [-0.05, 0) is 50.9 Å². The molecule has 2 fully saturated rings. The number of rotatable bonds is 8. The molecule has 162 valence electrons. The molecule has 29 heavy (non-hydrogen) atoms. The van der Waals surface area contributed by atoms with Crippen LogP contribution in [0.2, 0.25) is 0 Å². The molecule has 0 aliphatic carbocycles. The van der Waals surface area contributed by atoms with Gasteiger partial charge in [-0.25, -0.2) is 4.99 Å². The fraction of sp³-hybridized carbons (Fsp3) is 0.696. The van der Waals surface area contributed by atoms with E-state index in [9.17, 15) is 0 Å². The Balaban J connectivity index is 1.56. The number of piperidine rings is 1. The molecular weight excluding hydrogens is 362 g/mol. The van der Waals surface area contributed by atoms with Gasteiger partial charge in [0.2, 0.25) is 0 Å². The SMILES string of the molecule is CCNC(=NCc1ccccc1CN1CCCCC1)NCC(C)N1CCOCC1. The Morgan fingerprint density at radius 2 is 1.76 bits per heavy atom. The minimum Gasteiger partial charge on any atom is -0.379 e. The standard InChI is InChI=1S/C23H39N5O/c1-3-24-23(25-17-20(2)28-13-15-29-16-14-28)26-18-21-9-5-6-10-22(21)19-27-11-7-4-8-12-27/h5-6,9-10,20H,3-4,7-8,11-19H2,1-2H3,(H2,24,25,26). The van der Waals surface area contributed by atoms with Gasteiger partial charge in [0.1, 0.15) is 0 Å². The van der Waals surface area contributed by atoms with E-state index in [4.69, 9.17) is 9.73 Å². The number of morpholine rings is 1. The summed E-state index contributed by atoms with van der Waals surface area (Å²) in [6, 6.07) is 9.24. The Labute approximate surface area is 176 Å². The van der Waals surface area contributed by atoms with Gasteiger partial charge in [-0.1, -0.05) is 30.7 Å². The summed E-state index contributed by atoms with van der Waals surface area (Å²) in [6.45, 7) is 14.1. The van der Waals surface area contributed by atoms with Crippen molar-refractivity contribution >= 4 is 5.96 Å². The highest BCUT2D eigenvalue weighted by molar-refractivity contribution is 5.79. The Morgan fingerprint density at radius 3 is 2.48 bits per heavy atom. The first-order valence-corrected chi connectivity index (χ1v) is 11.4. The second-order valence-electron chi connectivity index (χ2n) is 8.18. The van der Waals surface area contributed by atoms with Crippen LogP contribution in [0.1, 0.15) is 44.2 Å². The van der Waals surface area contributed by atoms with Crippen LogP contribution in [0.4, 0.5) is 0 Å². The predicted octanol–water partition coefficient (Wildman–Crippen LogP) is 2.45. The van der Waals surface area contributed by atoms with Crippen molar-refractivity contribution in [1.82, 2.24) is 20.4 Å². The van der Waals surface area contributed by atoms with Crippen molar-refractivity contribution in [2.24, 2.45) is 4.99 Å². The molecule has 0 spiro atoms. The molecule has 1 atom stereocenters. The largest absolute Gasteiger partial charge is 0.379 e. The molecule has 2 saturated heterocycles. The number of hydrogen-bond donors (Lipinski definition) is 2. The van der Waals surface area contributed by atoms with E-state index in [2.05, 4.69) is 58.5 Å². The van der Waals surface area contributed by atoms with Gasteiger partial charge in [-0.3, -0.25) is 9.80 Å². The second kappa shape index (κ2) is 12.2. The highest BCUT2D eigenvalue weighted by Gasteiger charge is 2.17. The summed E-state index contributed by atoms with van der Waals surface area (Å²) in [5.41, 5.74) is 2.74. The number of hydrogen-bond acceptors (Lipinski definition) is 4. The van der Waals surface area contributed by atoms with E-state index >= 15 is 0 Å². The molecule has 2 aliphatic rings. The molecule has 0 saturated carbocycles. The lowest BCUT2D eigenvalue weighted by atomic mass is 10.1. The number of ether oxygens (including phenoxy) is 1. The van der Waals surface area contributed by atoms with Crippen molar-refractivity contribution in [1.29, 1.82) is 0 Å². The Kier molecular flexibility index (Phi) is 9.25.